The fraction of sp³-hybridized carbons (Fsp3) is 0.467. The molecule has 2 aliphatic heterocycles. The van der Waals surface area contributed by atoms with Gasteiger partial charge in [-0.25, -0.2) is 0 Å². The number of amides is 2. The second-order valence-electron chi connectivity index (χ2n) is 5.21. The third-order valence-corrected chi connectivity index (χ3v) is 4.08. The largest absolute Gasteiger partial charge is 0.356 e. The monoisotopic (exact) mass is 275 g/mol. The average molecular weight is 275 g/mol. The maximum atomic E-state index is 12.4. The molecule has 106 valence electrons. The van der Waals surface area contributed by atoms with Crippen LogP contribution in [0.2, 0.25) is 0 Å². The molecule has 20 heavy (non-hydrogen) atoms. The van der Waals surface area contributed by atoms with Gasteiger partial charge in [-0.05, 0) is 19.1 Å². The fourth-order valence-corrected chi connectivity index (χ4v) is 3.03. The van der Waals surface area contributed by atoms with Crippen molar-refractivity contribution in [2.45, 2.75) is 31.8 Å². The molecule has 2 amide bonds. The van der Waals surface area contributed by atoms with E-state index in [1.54, 1.807) is 31.4 Å². The minimum absolute atomic E-state index is 0.121. The number of β-lactam (4-membered cyclic amide) rings is 1. The number of hydrogen-bond donors (Lipinski definition) is 0. The van der Waals surface area contributed by atoms with E-state index in [2.05, 4.69) is 0 Å². The van der Waals surface area contributed by atoms with Crippen molar-refractivity contribution in [2.24, 2.45) is 5.92 Å². The molecule has 0 radical (unpaired) electrons. The summed E-state index contributed by atoms with van der Waals surface area (Å²) in [5.41, 5.74) is 0.535. The highest BCUT2D eigenvalue weighted by Gasteiger charge is 2.56. The van der Waals surface area contributed by atoms with E-state index in [1.165, 1.54) is 4.90 Å². The molecule has 0 unspecified atom stereocenters. The van der Waals surface area contributed by atoms with Gasteiger partial charge in [0.25, 0.3) is 5.91 Å². The van der Waals surface area contributed by atoms with E-state index >= 15 is 0 Å². The average Bonchev–Trinajstić information content (AvgIpc) is 2.46. The van der Waals surface area contributed by atoms with E-state index in [0.717, 1.165) is 0 Å². The van der Waals surface area contributed by atoms with Crippen LogP contribution in [0.25, 0.3) is 0 Å². The highest BCUT2D eigenvalue weighted by molar-refractivity contribution is 6.09. The Labute approximate surface area is 117 Å². The molecule has 1 aromatic carbocycles. The first-order chi connectivity index (χ1) is 9.63. The van der Waals surface area contributed by atoms with E-state index in [1.807, 2.05) is 13.0 Å². The van der Waals surface area contributed by atoms with Crippen molar-refractivity contribution in [3.8, 4) is 0 Å². The van der Waals surface area contributed by atoms with Gasteiger partial charge in [0, 0.05) is 19.1 Å². The van der Waals surface area contributed by atoms with E-state index in [4.69, 9.17) is 9.47 Å². The van der Waals surface area contributed by atoms with Gasteiger partial charge in [0.2, 0.25) is 5.91 Å². The molecule has 1 aromatic rings. The Bertz CT molecular complexity index is 530. The van der Waals surface area contributed by atoms with Crippen LogP contribution >= 0.6 is 0 Å². The molecule has 0 bridgehead atoms. The highest BCUT2D eigenvalue weighted by atomic mass is 16.7. The standard InChI is InChI=1S/C15H17NO4/c1-9-13-11(8-12(19-2)20-9)16(15(13)18)14(17)10-6-4-3-5-7-10/h3-7,9,11-13H,8H2,1-2H3/t9-,11-,12+,13+/m0/s1. The molecule has 2 aliphatic rings. The van der Waals surface area contributed by atoms with Crippen molar-refractivity contribution in [1.29, 1.82) is 0 Å². The number of carbonyl (C=O) groups excluding carboxylic acids is 2. The Morgan fingerprint density at radius 2 is 2.05 bits per heavy atom. The van der Waals surface area contributed by atoms with E-state index in [0.29, 0.717) is 12.0 Å². The number of likely N-dealkylation sites (tertiary alicyclic amines) is 1. The van der Waals surface area contributed by atoms with Crippen LogP contribution < -0.4 is 0 Å². The Balaban J connectivity index is 1.81. The summed E-state index contributed by atoms with van der Waals surface area (Å²) in [6, 6.07) is 8.75. The first-order valence-electron chi connectivity index (χ1n) is 6.74. The van der Waals surface area contributed by atoms with Crippen LogP contribution in [0.5, 0.6) is 0 Å². The number of benzene rings is 1. The molecule has 0 aliphatic carbocycles. The van der Waals surface area contributed by atoms with Gasteiger partial charge in [-0.3, -0.25) is 14.5 Å². The number of nitrogens with zero attached hydrogens (tertiary/aromatic N) is 1. The summed E-state index contributed by atoms with van der Waals surface area (Å²) < 4.78 is 10.8. The lowest BCUT2D eigenvalue weighted by molar-refractivity contribution is -0.230. The molecule has 2 heterocycles. The molecule has 0 aromatic heterocycles. The van der Waals surface area contributed by atoms with Crippen LogP contribution in [0.3, 0.4) is 0 Å². The summed E-state index contributed by atoms with van der Waals surface area (Å²) in [5.74, 6) is -0.610. The third-order valence-electron chi connectivity index (χ3n) is 4.08. The number of rotatable bonds is 2. The molecule has 2 saturated heterocycles. The minimum atomic E-state index is -0.356. The lowest BCUT2D eigenvalue weighted by Gasteiger charge is -2.52. The zero-order chi connectivity index (χ0) is 14.3. The van der Waals surface area contributed by atoms with Crippen LogP contribution in [-0.4, -0.2) is 42.3 Å². The maximum Gasteiger partial charge on any atom is 0.260 e. The zero-order valence-electron chi connectivity index (χ0n) is 11.5. The van der Waals surface area contributed by atoms with Crippen LogP contribution in [0, 0.1) is 5.92 Å². The summed E-state index contributed by atoms with van der Waals surface area (Å²) >= 11 is 0. The first kappa shape index (κ1) is 13.3. The van der Waals surface area contributed by atoms with Gasteiger partial charge < -0.3 is 9.47 Å². The smallest absolute Gasteiger partial charge is 0.260 e. The van der Waals surface area contributed by atoms with Crippen molar-refractivity contribution in [2.75, 3.05) is 7.11 Å². The number of ether oxygens (including phenoxy) is 2. The Kier molecular flexibility index (Phi) is 3.31. The van der Waals surface area contributed by atoms with E-state index in [-0.39, 0.29) is 36.2 Å². The number of fused-ring (bicyclic) bond motifs is 1. The molecular weight excluding hydrogens is 258 g/mol. The molecule has 4 atom stereocenters. The molecular formula is C15H17NO4. The number of carbonyl (C=O) groups is 2. The molecule has 5 heteroatoms. The fourth-order valence-electron chi connectivity index (χ4n) is 3.03. The first-order valence-corrected chi connectivity index (χ1v) is 6.74. The van der Waals surface area contributed by atoms with Crippen molar-refractivity contribution in [1.82, 2.24) is 4.90 Å². The van der Waals surface area contributed by atoms with Gasteiger partial charge in [-0.2, -0.15) is 0 Å². The predicted octanol–water partition coefficient (Wildman–Crippen LogP) is 1.44. The minimum Gasteiger partial charge on any atom is -0.356 e. The molecule has 0 N–H and O–H groups in total. The second kappa shape index (κ2) is 5.00. The molecule has 2 fully saturated rings. The van der Waals surface area contributed by atoms with Gasteiger partial charge in [0.05, 0.1) is 18.1 Å². The van der Waals surface area contributed by atoms with Crippen LogP contribution in [0.1, 0.15) is 23.7 Å². The van der Waals surface area contributed by atoms with E-state index in [9.17, 15) is 9.59 Å². The third kappa shape index (κ3) is 1.94. The second-order valence-corrected chi connectivity index (χ2v) is 5.21. The summed E-state index contributed by atoms with van der Waals surface area (Å²) in [6.07, 6.45) is -0.0352. The lowest BCUT2D eigenvalue weighted by Crippen LogP contribution is -2.69. The lowest BCUT2D eigenvalue weighted by atomic mass is 9.79. The van der Waals surface area contributed by atoms with E-state index < -0.39 is 0 Å². The Morgan fingerprint density at radius 1 is 1.35 bits per heavy atom. The summed E-state index contributed by atoms with van der Waals surface area (Å²) in [5, 5.41) is 0. The number of imide groups is 1. The van der Waals surface area contributed by atoms with Crippen LogP contribution in [0.15, 0.2) is 30.3 Å². The van der Waals surface area contributed by atoms with Gasteiger partial charge >= 0.3 is 0 Å². The van der Waals surface area contributed by atoms with Gasteiger partial charge in [0.15, 0.2) is 6.29 Å². The quantitative estimate of drug-likeness (QED) is 0.605. The molecule has 0 spiro atoms. The molecule has 0 saturated carbocycles. The van der Waals surface area contributed by atoms with Crippen molar-refractivity contribution in [3.05, 3.63) is 35.9 Å². The zero-order valence-corrected chi connectivity index (χ0v) is 11.5. The topological polar surface area (TPSA) is 55.8 Å². The summed E-state index contributed by atoms with van der Waals surface area (Å²) in [6.45, 7) is 1.85. The van der Waals surface area contributed by atoms with Crippen molar-refractivity contribution >= 4 is 11.8 Å². The highest BCUT2D eigenvalue weighted by Crippen LogP contribution is 2.39. The Morgan fingerprint density at radius 3 is 2.70 bits per heavy atom. The van der Waals surface area contributed by atoms with Crippen LogP contribution in [-0.2, 0) is 14.3 Å². The summed E-state index contributed by atoms with van der Waals surface area (Å²) in [7, 11) is 1.57. The number of methoxy groups -OCH3 is 1. The SMILES string of the molecule is CO[C@H]1C[C@H]2[C@H](C(=O)N2C(=O)c2ccccc2)[C@H](C)O1. The maximum absolute atomic E-state index is 12.4. The molecule has 3 rings (SSSR count). The summed E-state index contributed by atoms with van der Waals surface area (Å²) in [4.78, 5) is 26.0. The van der Waals surface area contributed by atoms with Crippen molar-refractivity contribution in [3.63, 3.8) is 0 Å². The van der Waals surface area contributed by atoms with Gasteiger partial charge in [0.1, 0.15) is 0 Å². The Hall–Kier alpha value is -1.72. The van der Waals surface area contributed by atoms with Crippen molar-refractivity contribution < 1.29 is 19.1 Å². The van der Waals surface area contributed by atoms with Gasteiger partial charge in [-0.15, -0.1) is 0 Å². The predicted molar refractivity (Wildman–Crippen MR) is 70.9 cm³/mol. The van der Waals surface area contributed by atoms with Gasteiger partial charge in [-0.1, -0.05) is 18.2 Å². The molecule has 5 nitrogen and oxygen atoms in total. The normalized spacial score (nSPS) is 32.5. The van der Waals surface area contributed by atoms with Crippen LogP contribution in [0.4, 0.5) is 0 Å². The number of hydrogen-bond acceptors (Lipinski definition) is 4.